The number of carbonyl (C=O) groups excluding carboxylic acids is 3. The Balaban J connectivity index is 1.86. The maximum atomic E-state index is 12.1. The normalized spacial score (nSPS) is 11.5. The number of nitrogens with zero attached hydrogens (tertiary/aromatic N) is 1. The molecule has 1 heterocycles. The molecule has 7 heteroatoms. The first kappa shape index (κ1) is 18.3. The van der Waals surface area contributed by atoms with Crippen molar-refractivity contribution in [1.29, 1.82) is 0 Å². The molecule has 7 nitrogen and oxygen atoms in total. The van der Waals surface area contributed by atoms with E-state index in [2.05, 4.69) is 10.1 Å². The van der Waals surface area contributed by atoms with Gasteiger partial charge in [-0.15, -0.1) is 0 Å². The summed E-state index contributed by atoms with van der Waals surface area (Å²) in [7, 11) is 3.04. The number of carbonyl (C=O) groups is 3. The van der Waals surface area contributed by atoms with Crippen LogP contribution in [-0.2, 0) is 27.9 Å². The van der Waals surface area contributed by atoms with Crippen molar-refractivity contribution in [3.05, 3.63) is 59.4 Å². The SMILES string of the molecule is COC(=O)c1ccc(CNC(=O)[C@H](C)OC(=O)c2cccn2C)cc1. The van der Waals surface area contributed by atoms with Crippen LogP contribution in [-0.4, -0.2) is 35.6 Å². The van der Waals surface area contributed by atoms with E-state index < -0.39 is 23.9 Å². The summed E-state index contributed by atoms with van der Waals surface area (Å²) in [5, 5.41) is 2.69. The molecule has 25 heavy (non-hydrogen) atoms. The van der Waals surface area contributed by atoms with Gasteiger partial charge in [-0.3, -0.25) is 4.79 Å². The van der Waals surface area contributed by atoms with Crippen LogP contribution in [0, 0.1) is 0 Å². The summed E-state index contributed by atoms with van der Waals surface area (Å²) >= 11 is 0. The van der Waals surface area contributed by atoms with Gasteiger partial charge in [0, 0.05) is 19.8 Å². The van der Waals surface area contributed by atoms with Gasteiger partial charge in [0.05, 0.1) is 12.7 Å². The number of esters is 2. The second-order valence-corrected chi connectivity index (χ2v) is 5.46. The zero-order valence-corrected chi connectivity index (χ0v) is 14.3. The van der Waals surface area contributed by atoms with E-state index in [-0.39, 0.29) is 6.54 Å². The third-order valence-electron chi connectivity index (χ3n) is 3.65. The summed E-state index contributed by atoms with van der Waals surface area (Å²) in [5.41, 5.74) is 1.61. The summed E-state index contributed by atoms with van der Waals surface area (Å²) in [5.74, 6) is -1.38. The molecule has 1 N–H and O–H groups in total. The van der Waals surface area contributed by atoms with Gasteiger partial charge in [-0.1, -0.05) is 12.1 Å². The summed E-state index contributed by atoms with van der Waals surface area (Å²) in [6.45, 7) is 1.77. The second-order valence-electron chi connectivity index (χ2n) is 5.46. The summed E-state index contributed by atoms with van der Waals surface area (Å²) in [6.07, 6.45) is 0.802. The molecule has 0 bridgehead atoms. The molecule has 0 saturated heterocycles. The first-order chi connectivity index (χ1) is 11.9. The molecule has 1 atom stereocenters. The minimum atomic E-state index is -0.920. The molecule has 1 amide bonds. The molecular weight excluding hydrogens is 324 g/mol. The lowest BCUT2D eigenvalue weighted by Crippen LogP contribution is -2.35. The lowest BCUT2D eigenvalue weighted by molar-refractivity contribution is -0.129. The highest BCUT2D eigenvalue weighted by molar-refractivity contribution is 5.91. The number of methoxy groups -OCH3 is 1. The van der Waals surface area contributed by atoms with Crippen molar-refractivity contribution in [2.75, 3.05) is 7.11 Å². The van der Waals surface area contributed by atoms with Crippen LogP contribution in [0.5, 0.6) is 0 Å². The average molecular weight is 344 g/mol. The van der Waals surface area contributed by atoms with Crippen LogP contribution >= 0.6 is 0 Å². The molecule has 0 radical (unpaired) electrons. The van der Waals surface area contributed by atoms with Crippen molar-refractivity contribution in [3.8, 4) is 0 Å². The van der Waals surface area contributed by atoms with E-state index in [1.54, 1.807) is 54.2 Å². The van der Waals surface area contributed by atoms with Gasteiger partial charge in [0.2, 0.25) is 0 Å². The predicted octanol–water partition coefficient (Wildman–Crippen LogP) is 1.67. The highest BCUT2D eigenvalue weighted by Crippen LogP contribution is 2.07. The fraction of sp³-hybridized carbons (Fsp3) is 0.278. The van der Waals surface area contributed by atoms with Crippen molar-refractivity contribution in [1.82, 2.24) is 9.88 Å². The molecule has 0 aliphatic heterocycles. The fourth-order valence-electron chi connectivity index (χ4n) is 2.16. The molecule has 0 aliphatic rings. The van der Waals surface area contributed by atoms with E-state index in [1.165, 1.54) is 14.0 Å². The molecule has 0 unspecified atom stereocenters. The molecule has 132 valence electrons. The number of amides is 1. The Labute approximate surface area is 145 Å². The summed E-state index contributed by atoms with van der Waals surface area (Å²) in [4.78, 5) is 35.4. The van der Waals surface area contributed by atoms with Gasteiger partial charge in [-0.25, -0.2) is 9.59 Å². The molecule has 2 rings (SSSR count). The number of hydrogen-bond acceptors (Lipinski definition) is 5. The molecular formula is C18H20N2O5. The van der Waals surface area contributed by atoms with Gasteiger partial charge in [0.1, 0.15) is 5.69 Å². The summed E-state index contributed by atoms with van der Waals surface area (Å²) in [6, 6.07) is 10.0. The number of aryl methyl sites for hydroxylation is 1. The minimum Gasteiger partial charge on any atom is -0.465 e. The Hall–Kier alpha value is -3.09. The average Bonchev–Trinajstić information content (AvgIpc) is 3.05. The maximum Gasteiger partial charge on any atom is 0.355 e. The summed E-state index contributed by atoms with van der Waals surface area (Å²) < 4.78 is 11.4. The van der Waals surface area contributed by atoms with E-state index in [4.69, 9.17) is 4.74 Å². The Morgan fingerprint density at radius 3 is 2.36 bits per heavy atom. The van der Waals surface area contributed by atoms with Crippen LogP contribution in [0.2, 0.25) is 0 Å². The molecule has 0 fully saturated rings. The predicted molar refractivity (Wildman–Crippen MR) is 89.9 cm³/mol. The van der Waals surface area contributed by atoms with Crippen molar-refractivity contribution in [2.45, 2.75) is 19.6 Å². The third-order valence-corrected chi connectivity index (χ3v) is 3.65. The van der Waals surface area contributed by atoms with Crippen LogP contribution in [0.3, 0.4) is 0 Å². The molecule has 1 aromatic heterocycles. The van der Waals surface area contributed by atoms with Gasteiger partial charge in [-0.05, 0) is 36.8 Å². The van der Waals surface area contributed by atoms with Crippen molar-refractivity contribution in [3.63, 3.8) is 0 Å². The Morgan fingerprint density at radius 2 is 1.80 bits per heavy atom. The first-order valence-corrected chi connectivity index (χ1v) is 7.69. The largest absolute Gasteiger partial charge is 0.465 e. The molecule has 2 aromatic rings. The Bertz CT molecular complexity index is 764. The number of benzene rings is 1. The molecule has 0 saturated carbocycles. The second kappa shape index (κ2) is 8.14. The number of hydrogen-bond donors (Lipinski definition) is 1. The van der Waals surface area contributed by atoms with Gasteiger partial charge < -0.3 is 19.4 Å². The van der Waals surface area contributed by atoms with Crippen molar-refractivity contribution in [2.24, 2.45) is 7.05 Å². The highest BCUT2D eigenvalue weighted by atomic mass is 16.5. The first-order valence-electron chi connectivity index (χ1n) is 7.69. The number of ether oxygens (including phenoxy) is 2. The molecule has 1 aromatic carbocycles. The number of nitrogens with one attached hydrogen (secondary N) is 1. The quantitative estimate of drug-likeness (QED) is 0.806. The van der Waals surface area contributed by atoms with E-state index >= 15 is 0 Å². The van der Waals surface area contributed by atoms with Gasteiger partial charge in [-0.2, -0.15) is 0 Å². The lowest BCUT2D eigenvalue weighted by Gasteiger charge is -2.14. The fourth-order valence-corrected chi connectivity index (χ4v) is 2.16. The minimum absolute atomic E-state index is 0.256. The number of aromatic nitrogens is 1. The van der Waals surface area contributed by atoms with Crippen molar-refractivity contribution >= 4 is 17.8 Å². The van der Waals surface area contributed by atoms with Crippen LogP contribution in [0.4, 0.5) is 0 Å². The zero-order valence-electron chi connectivity index (χ0n) is 14.3. The topological polar surface area (TPSA) is 86.6 Å². The lowest BCUT2D eigenvalue weighted by atomic mass is 10.1. The monoisotopic (exact) mass is 344 g/mol. The Morgan fingerprint density at radius 1 is 1.12 bits per heavy atom. The zero-order chi connectivity index (χ0) is 18.4. The van der Waals surface area contributed by atoms with E-state index in [1.807, 2.05) is 0 Å². The highest BCUT2D eigenvalue weighted by Gasteiger charge is 2.20. The van der Waals surface area contributed by atoms with E-state index in [9.17, 15) is 14.4 Å². The number of rotatable bonds is 6. The smallest absolute Gasteiger partial charge is 0.355 e. The van der Waals surface area contributed by atoms with Gasteiger partial charge >= 0.3 is 11.9 Å². The standard InChI is InChI=1S/C18H20N2O5/c1-12(25-18(23)15-5-4-10-20(15)2)16(21)19-11-13-6-8-14(9-7-13)17(22)24-3/h4-10,12H,11H2,1-3H3,(H,19,21)/t12-/m0/s1. The van der Waals surface area contributed by atoms with Gasteiger partial charge in [0.15, 0.2) is 6.10 Å². The van der Waals surface area contributed by atoms with E-state index in [0.29, 0.717) is 11.3 Å². The molecule has 0 spiro atoms. The van der Waals surface area contributed by atoms with Crippen LogP contribution in [0.1, 0.15) is 33.3 Å². The van der Waals surface area contributed by atoms with Gasteiger partial charge in [0.25, 0.3) is 5.91 Å². The van der Waals surface area contributed by atoms with Crippen LogP contribution in [0.25, 0.3) is 0 Å². The van der Waals surface area contributed by atoms with Crippen molar-refractivity contribution < 1.29 is 23.9 Å². The Kier molecular flexibility index (Phi) is 5.94. The third kappa shape index (κ3) is 4.69. The van der Waals surface area contributed by atoms with Crippen LogP contribution < -0.4 is 5.32 Å². The van der Waals surface area contributed by atoms with E-state index in [0.717, 1.165) is 5.56 Å². The van der Waals surface area contributed by atoms with Crippen LogP contribution in [0.15, 0.2) is 42.6 Å². The molecule has 0 aliphatic carbocycles. The maximum absolute atomic E-state index is 12.1.